The van der Waals surface area contributed by atoms with Crippen molar-refractivity contribution in [1.29, 1.82) is 0 Å². The van der Waals surface area contributed by atoms with Crippen LogP contribution in [0.5, 0.6) is 0 Å². The van der Waals surface area contributed by atoms with Gasteiger partial charge in [-0.1, -0.05) is 58.8 Å². The average Bonchev–Trinajstić information content (AvgIpc) is 2.28. The molecule has 0 amide bonds. The third-order valence-corrected chi connectivity index (χ3v) is 3.32. The second kappa shape index (κ2) is 10.1. The summed E-state index contributed by atoms with van der Waals surface area (Å²) in [5.41, 5.74) is -0.585. The molecule has 98 valence electrons. The molecule has 16 heavy (non-hydrogen) atoms. The largest absolute Gasteiger partial charge is 0.387 e. The molecule has 0 aliphatic carbocycles. The van der Waals surface area contributed by atoms with Gasteiger partial charge in [0.05, 0.1) is 12.2 Å². The Hall–Kier alpha value is -0.0800. The maximum absolute atomic E-state index is 10.1. The van der Waals surface area contributed by atoms with E-state index < -0.39 is 5.60 Å². The quantitative estimate of drug-likeness (QED) is 0.545. The number of hydrogen-bond donors (Lipinski definition) is 1. The maximum Gasteiger partial charge on any atom is 0.0877 e. The predicted molar refractivity (Wildman–Crippen MR) is 69.7 cm³/mol. The van der Waals surface area contributed by atoms with Crippen LogP contribution in [0.25, 0.3) is 0 Å². The second-order valence-electron chi connectivity index (χ2n) is 4.88. The van der Waals surface area contributed by atoms with Crippen LogP contribution < -0.4 is 0 Å². The van der Waals surface area contributed by atoms with Crippen LogP contribution in [-0.2, 0) is 4.74 Å². The number of aliphatic hydroxyl groups is 1. The van der Waals surface area contributed by atoms with Crippen molar-refractivity contribution in [3.05, 3.63) is 0 Å². The Morgan fingerprint density at radius 3 is 2.00 bits per heavy atom. The van der Waals surface area contributed by atoms with Crippen molar-refractivity contribution in [1.82, 2.24) is 0 Å². The normalized spacial score (nSPS) is 15.0. The highest BCUT2D eigenvalue weighted by Gasteiger charge is 2.23. The van der Waals surface area contributed by atoms with E-state index in [2.05, 4.69) is 6.92 Å². The van der Waals surface area contributed by atoms with E-state index in [1.807, 2.05) is 6.92 Å². The molecule has 0 saturated carbocycles. The topological polar surface area (TPSA) is 29.5 Å². The van der Waals surface area contributed by atoms with Crippen LogP contribution in [0.15, 0.2) is 0 Å². The molecular weight excluding hydrogens is 200 g/mol. The lowest BCUT2D eigenvalue weighted by molar-refractivity contribution is -0.0412. The van der Waals surface area contributed by atoms with Crippen molar-refractivity contribution < 1.29 is 9.84 Å². The Balaban J connectivity index is 3.41. The molecule has 0 aliphatic rings. The van der Waals surface area contributed by atoms with Crippen LogP contribution in [0.3, 0.4) is 0 Å². The summed E-state index contributed by atoms with van der Waals surface area (Å²) in [6.45, 7) is 4.74. The fraction of sp³-hybridized carbons (Fsp3) is 1.00. The minimum atomic E-state index is -0.585. The lowest BCUT2D eigenvalue weighted by atomic mass is 9.94. The van der Waals surface area contributed by atoms with Crippen LogP contribution >= 0.6 is 0 Å². The van der Waals surface area contributed by atoms with Gasteiger partial charge in [0.2, 0.25) is 0 Å². The molecule has 0 rings (SSSR count). The molecule has 0 fully saturated rings. The Bertz CT molecular complexity index is 148. The van der Waals surface area contributed by atoms with Gasteiger partial charge < -0.3 is 9.84 Å². The summed E-state index contributed by atoms with van der Waals surface area (Å²) < 4.78 is 5.06. The molecule has 1 atom stereocenters. The monoisotopic (exact) mass is 230 g/mol. The zero-order valence-electron chi connectivity index (χ0n) is 11.4. The Labute approximate surface area is 101 Å². The predicted octanol–water partition coefficient (Wildman–Crippen LogP) is 3.91. The third-order valence-electron chi connectivity index (χ3n) is 3.32. The molecule has 0 aliphatic heterocycles. The van der Waals surface area contributed by atoms with Crippen LogP contribution in [0.1, 0.15) is 71.6 Å². The number of ether oxygens (including phenoxy) is 1. The molecule has 2 heteroatoms. The number of hydrogen-bond acceptors (Lipinski definition) is 2. The molecular formula is C14H30O2. The zero-order chi connectivity index (χ0) is 12.3. The molecule has 0 heterocycles. The highest BCUT2D eigenvalue weighted by molar-refractivity contribution is 4.75. The summed E-state index contributed by atoms with van der Waals surface area (Å²) in [7, 11) is 1.66. The van der Waals surface area contributed by atoms with E-state index in [1.54, 1.807) is 7.11 Å². The van der Waals surface area contributed by atoms with Crippen molar-refractivity contribution in [2.45, 2.75) is 77.2 Å². The second-order valence-corrected chi connectivity index (χ2v) is 4.88. The van der Waals surface area contributed by atoms with Gasteiger partial charge in [0.25, 0.3) is 0 Å². The number of unbranched alkanes of at least 4 members (excludes halogenated alkanes) is 6. The Morgan fingerprint density at radius 2 is 1.50 bits per heavy atom. The summed E-state index contributed by atoms with van der Waals surface area (Å²) >= 11 is 0. The highest BCUT2D eigenvalue weighted by atomic mass is 16.5. The van der Waals surface area contributed by atoms with Crippen LogP contribution in [0.4, 0.5) is 0 Å². The Kier molecular flexibility index (Phi) is 10.0. The lowest BCUT2D eigenvalue weighted by Gasteiger charge is -2.25. The van der Waals surface area contributed by atoms with Gasteiger partial charge in [-0.3, -0.25) is 0 Å². The van der Waals surface area contributed by atoms with Crippen LogP contribution in [0.2, 0.25) is 0 Å². The molecule has 0 saturated heterocycles. The molecule has 0 radical (unpaired) electrons. The van der Waals surface area contributed by atoms with Gasteiger partial charge >= 0.3 is 0 Å². The average molecular weight is 230 g/mol. The van der Waals surface area contributed by atoms with Gasteiger partial charge in [0, 0.05) is 7.11 Å². The van der Waals surface area contributed by atoms with E-state index >= 15 is 0 Å². The number of rotatable bonds is 11. The van der Waals surface area contributed by atoms with Crippen molar-refractivity contribution in [2.24, 2.45) is 0 Å². The first-order chi connectivity index (χ1) is 7.68. The van der Waals surface area contributed by atoms with Gasteiger partial charge in [0.15, 0.2) is 0 Å². The maximum atomic E-state index is 10.1. The molecule has 0 spiro atoms. The van der Waals surface area contributed by atoms with Gasteiger partial charge in [0.1, 0.15) is 0 Å². The van der Waals surface area contributed by atoms with E-state index in [0.717, 1.165) is 19.3 Å². The molecule has 0 aromatic rings. The molecule has 1 N–H and O–H groups in total. The third kappa shape index (κ3) is 8.12. The molecule has 0 aromatic heterocycles. The standard InChI is InChI=1S/C14H30O2/c1-4-6-7-8-9-10-11-12-14(15,5-2)13-16-3/h15H,4-13H2,1-3H3. The highest BCUT2D eigenvalue weighted by Crippen LogP contribution is 2.20. The molecule has 0 aromatic carbocycles. The fourth-order valence-corrected chi connectivity index (χ4v) is 2.03. The summed E-state index contributed by atoms with van der Waals surface area (Å²) in [5.74, 6) is 0. The van der Waals surface area contributed by atoms with E-state index in [1.165, 1.54) is 38.5 Å². The molecule has 1 unspecified atom stereocenters. The SMILES string of the molecule is CCCCCCCCCC(O)(CC)COC. The van der Waals surface area contributed by atoms with E-state index in [0.29, 0.717) is 6.61 Å². The van der Waals surface area contributed by atoms with E-state index in [4.69, 9.17) is 4.74 Å². The van der Waals surface area contributed by atoms with E-state index in [9.17, 15) is 5.11 Å². The van der Waals surface area contributed by atoms with Crippen molar-refractivity contribution >= 4 is 0 Å². The summed E-state index contributed by atoms with van der Waals surface area (Å²) in [4.78, 5) is 0. The minimum absolute atomic E-state index is 0.472. The zero-order valence-corrected chi connectivity index (χ0v) is 11.4. The van der Waals surface area contributed by atoms with E-state index in [-0.39, 0.29) is 0 Å². The van der Waals surface area contributed by atoms with Crippen LogP contribution in [-0.4, -0.2) is 24.4 Å². The number of methoxy groups -OCH3 is 1. The van der Waals surface area contributed by atoms with Crippen LogP contribution in [0, 0.1) is 0 Å². The van der Waals surface area contributed by atoms with Crippen molar-refractivity contribution in [2.75, 3.05) is 13.7 Å². The smallest absolute Gasteiger partial charge is 0.0877 e. The Morgan fingerprint density at radius 1 is 0.938 bits per heavy atom. The summed E-state index contributed by atoms with van der Waals surface area (Å²) in [6, 6.07) is 0. The summed E-state index contributed by atoms with van der Waals surface area (Å²) in [5, 5.41) is 10.1. The molecule has 2 nitrogen and oxygen atoms in total. The van der Waals surface area contributed by atoms with Gasteiger partial charge in [-0.05, 0) is 12.8 Å². The lowest BCUT2D eigenvalue weighted by Crippen LogP contribution is -2.33. The van der Waals surface area contributed by atoms with Gasteiger partial charge in [-0.15, -0.1) is 0 Å². The minimum Gasteiger partial charge on any atom is -0.387 e. The van der Waals surface area contributed by atoms with Gasteiger partial charge in [-0.2, -0.15) is 0 Å². The summed E-state index contributed by atoms with van der Waals surface area (Å²) in [6.07, 6.45) is 10.7. The van der Waals surface area contributed by atoms with Gasteiger partial charge in [-0.25, -0.2) is 0 Å². The van der Waals surface area contributed by atoms with Crippen molar-refractivity contribution in [3.63, 3.8) is 0 Å². The first kappa shape index (κ1) is 15.9. The van der Waals surface area contributed by atoms with Crippen molar-refractivity contribution in [3.8, 4) is 0 Å². The first-order valence-electron chi connectivity index (χ1n) is 6.90. The fourth-order valence-electron chi connectivity index (χ4n) is 2.03. The molecule has 0 bridgehead atoms. The first-order valence-corrected chi connectivity index (χ1v) is 6.90.